The second kappa shape index (κ2) is 13.4. The molecule has 17 nitrogen and oxygen atoms in total. The molecule has 268 valence electrons. The van der Waals surface area contributed by atoms with Crippen LogP contribution >= 0.6 is 11.3 Å². The predicted molar refractivity (Wildman–Crippen MR) is 179 cm³/mol. The lowest BCUT2D eigenvalue weighted by Crippen LogP contribution is -2.76. The van der Waals surface area contributed by atoms with Gasteiger partial charge < -0.3 is 36.8 Å². The molecule has 3 heterocycles. The average Bonchev–Trinajstić information content (AvgIpc) is 3.47. The van der Waals surface area contributed by atoms with Gasteiger partial charge in [-0.15, -0.1) is 15.6 Å². The zero-order valence-corrected chi connectivity index (χ0v) is 29.2. The van der Waals surface area contributed by atoms with Gasteiger partial charge in [0.1, 0.15) is 29.4 Å². The van der Waals surface area contributed by atoms with Crippen LogP contribution in [0.25, 0.3) is 0 Å². The normalized spacial score (nSPS) is 26.4. The summed E-state index contributed by atoms with van der Waals surface area (Å²) in [6.45, 7) is 5.91. The highest BCUT2D eigenvalue weighted by Gasteiger charge is 2.58. The number of nitrogen functional groups attached to an aromatic ring is 1. The topological polar surface area (TPSA) is 265 Å². The standard InChI is InChI=1S/C30H42N8O9S2/c1-28(2)23(26(41)38(28)47-49(42,43)44)36-25(40)22(19-14-48-27(32)35-19)37-46-30(4,15-39)21-8-6-16-13-17(5-7-20(16)45-21)24(31)34-18-9-11-29(3,33)12-10-18/h5,7,13-14,18,21,23,39H,6,8-12,15,33H2,1-4H3,(H2,31,34)(H2,32,35)(H,36,40)(H,42,43,44)/b37-22-/t18-,21-,23-,29-,30-/m1/s1. The number of aliphatic hydroxyl groups is 1. The van der Waals surface area contributed by atoms with Crippen molar-refractivity contribution in [3.05, 3.63) is 40.4 Å². The molecule has 0 bridgehead atoms. The van der Waals surface area contributed by atoms with Gasteiger partial charge in [-0.25, -0.2) is 4.98 Å². The summed E-state index contributed by atoms with van der Waals surface area (Å²) in [5.74, 6) is -0.963. The van der Waals surface area contributed by atoms with E-state index in [1.165, 1.54) is 19.2 Å². The van der Waals surface area contributed by atoms with Crippen LogP contribution in [0.4, 0.5) is 5.13 Å². The number of fused-ring (bicyclic) bond motifs is 1. The number of hydrogen-bond donors (Lipinski definition) is 7. The zero-order valence-electron chi connectivity index (χ0n) is 27.6. The van der Waals surface area contributed by atoms with E-state index in [1.807, 2.05) is 6.07 Å². The van der Waals surface area contributed by atoms with Gasteiger partial charge in [-0.1, -0.05) is 5.16 Å². The van der Waals surface area contributed by atoms with Gasteiger partial charge >= 0.3 is 10.4 Å². The average molecular weight is 723 g/mol. The van der Waals surface area contributed by atoms with Crippen molar-refractivity contribution in [2.45, 2.75) is 101 Å². The van der Waals surface area contributed by atoms with Crippen LogP contribution < -0.4 is 26.8 Å². The van der Waals surface area contributed by atoms with Crippen molar-refractivity contribution in [1.29, 1.82) is 5.41 Å². The lowest BCUT2D eigenvalue weighted by molar-refractivity contribution is -0.218. The number of amides is 2. The minimum atomic E-state index is -4.99. The summed E-state index contributed by atoms with van der Waals surface area (Å²) in [6.07, 6.45) is 3.85. The molecule has 49 heavy (non-hydrogen) atoms. The van der Waals surface area contributed by atoms with E-state index in [-0.39, 0.29) is 28.1 Å². The van der Waals surface area contributed by atoms with Crippen LogP contribution in [0.5, 0.6) is 5.75 Å². The van der Waals surface area contributed by atoms with E-state index >= 15 is 0 Å². The fraction of sp³-hybridized carbons (Fsp3) is 0.567. The first kappa shape index (κ1) is 36.4. The molecule has 1 aromatic carbocycles. The molecule has 19 heteroatoms. The molecular formula is C30H42N8O9S2. The number of carbonyl (C=O) groups is 2. The number of aromatic nitrogens is 1. The number of hydrogen-bond acceptors (Lipinski definition) is 14. The maximum atomic E-state index is 13.5. The Kier molecular flexibility index (Phi) is 9.99. The highest BCUT2D eigenvalue weighted by molar-refractivity contribution is 7.80. The first-order valence-corrected chi connectivity index (χ1v) is 17.9. The third kappa shape index (κ3) is 7.97. The number of rotatable bonds is 11. The number of aryl methyl sites for hydroxylation is 1. The number of carbonyl (C=O) groups excluding carboxylic acids is 2. The number of nitrogens with zero attached hydrogens (tertiary/aromatic N) is 3. The van der Waals surface area contributed by atoms with E-state index in [0.29, 0.717) is 29.5 Å². The highest BCUT2D eigenvalue weighted by atomic mass is 32.3. The molecule has 0 spiro atoms. The number of oxime groups is 1. The molecule has 0 radical (unpaired) electrons. The fourth-order valence-corrected chi connectivity index (χ4v) is 7.04. The number of hydroxylamine groups is 2. The van der Waals surface area contributed by atoms with E-state index < -0.39 is 52.1 Å². The van der Waals surface area contributed by atoms with Gasteiger partial charge in [-0.2, -0.15) is 13.5 Å². The molecule has 3 aliphatic rings. The molecule has 9 N–H and O–H groups in total. The highest BCUT2D eigenvalue weighted by Crippen LogP contribution is 2.35. The Bertz CT molecular complexity index is 1750. The SMILES string of the molecule is CC1(C)[C@H](NC(=O)/C(=N\O[C@](C)(CO)[C@H]2CCc3cc(C(=N)N[C@H]4CC[C@](C)(N)CC4)ccc3O2)c2csc(N)n2)C(=O)N1OS(=O)(=O)O. The molecular weight excluding hydrogens is 681 g/mol. The molecule has 3 atom stereocenters. The van der Waals surface area contributed by atoms with Crippen LogP contribution in [0.3, 0.4) is 0 Å². The summed E-state index contributed by atoms with van der Waals surface area (Å²) in [7, 11) is -4.99. The summed E-state index contributed by atoms with van der Waals surface area (Å²) in [4.78, 5) is 36.0. The summed E-state index contributed by atoms with van der Waals surface area (Å²) in [6, 6.07) is 4.39. The van der Waals surface area contributed by atoms with Gasteiger partial charge in [-0.3, -0.25) is 19.6 Å². The van der Waals surface area contributed by atoms with E-state index in [1.54, 1.807) is 19.1 Å². The Morgan fingerprint density at radius 2 is 1.96 bits per heavy atom. The first-order valence-electron chi connectivity index (χ1n) is 15.7. The van der Waals surface area contributed by atoms with Crippen LogP contribution in [0.15, 0.2) is 28.7 Å². The Morgan fingerprint density at radius 1 is 1.27 bits per heavy atom. The fourth-order valence-electron chi connectivity index (χ4n) is 6.04. The Hall–Kier alpha value is -3.88. The van der Waals surface area contributed by atoms with E-state index in [9.17, 15) is 23.1 Å². The third-order valence-corrected chi connectivity index (χ3v) is 10.2. The number of thiazole rings is 1. The van der Waals surface area contributed by atoms with Gasteiger partial charge in [0.25, 0.3) is 11.8 Å². The van der Waals surface area contributed by atoms with Crippen molar-refractivity contribution in [2.24, 2.45) is 10.9 Å². The van der Waals surface area contributed by atoms with Crippen LogP contribution in [0, 0.1) is 5.41 Å². The van der Waals surface area contributed by atoms with Crippen molar-refractivity contribution in [1.82, 2.24) is 20.7 Å². The molecule has 0 unspecified atom stereocenters. The molecule has 2 fully saturated rings. The summed E-state index contributed by atoms with van der Waals surface area (Å²) < 4.78 is 42.0. The predicted octanol–water partition coefficient (Wildman–Crippen LogP) is 1.01. The lowest BCUT2D eigenvalue weighted by Gasteiger charge is -2.50. The first-order chi connectivity index (χ1) is 22.8. The van der Waals surface area contributed by atoms with Crippen molar-refractivity contribution < 1.29 is 41.5 Å². The van der Waals surface area contributed by atoms with E-state index in [4.69, 9.17) is 31.0 Å². The van der Waals surface area contributed by atoms with Crippen molar-refractivity contribution >= 4 is 50.2 Å². The Balaban J connectivity index is 1.28. The van der Waals surface area contributed by atoms with Gasteiger partial charge in [0, 0.05) is 22.5 Å². The minimum Gasteiger partial charge on any atom is -0.486 e. The van der Waals surface area contributed by atoms with Crippen LogP contribution in [0.1, 0.15) is 76.6 Å². The number of nitrogens with two attached hydrogens (primary N) is 2. The van der Waals surface area contributed by atoms with Gasteiger partial charge in [0.05, 0.1) is 12.1 Å². The molecule has 1 saturated carbocycles. The Labute approximate surface area is 287 Å². The zero-order chi connectivity index (χ0) is 35.9. The molecule has 2 aliphatic heterocycles. The molecule has 2 amide bonds. The molecule has 5 rings (SSSR count). The van der Waals surface area contributed by atoms with Gasteiger partial charge in [0.15, 0.2) is 16.4 Å². The van der Waals surface area contributed by atoms with E-state index in [2.05, 4.69) is 32.0 Å². The van der Waals surface area contributed by atoms with E-state index in [0.717, 1.165) is 48.1 Å². The quantitative estimate of drug-likeness (QED) is 0.0562. The smallest absolute Gasteiger partial charge is 0.418 e. The van der Waals surface area contributed by atoms with Crippen LogP contribution in [0.2, 0.25) is 0 Å². The monoisotopic (exact) mass is 722 g/mol. The number of anilines is 1. The summed E-state index contributed by atoms with van der Waals surface area (Å²) in [5, 5.41) is 30.9. The lowest BCUT2D eigenvalue weighted by atomic mass is 9.81. The number of aliphatic hydroxyl groups excluding tert-OH is 1. The number of β-lactam (4-membered cyclic amide) rings is 1. The second-order valence-corrected chi connectivity index (χ2v) is 15.6. The molecule has 2 aromatic rings. The second-order valence-electron chi connectivity index (χ2n) is 13.7. The van der Waals surface area contributed by atoms with Crippen molar-refractivity contribution in [3.63, 3.8) is 0 Å². The number of benzene rings is 1. The number of ether oxygens (including phenoxy) is 1. The van der Waals surface area contributed by atoms with Crippen LogP contribution in [-0.2, 0) is 35.5 Å². The molecule has 1 saturated heterocycles. The molecule has 1 aliphatic carbocycles. The minimum absolute atomic E-state index is 0.0275. The van der Waals surface area contributed by atoms with Crippen LogP contribution in [-0.4, -0.2) is 93.0 Å². The van der Waals surface area contributed by atoms with Gasteiger partial charge in [0.2, 0.25) is 0 Å². The maximum absolute atomic E-state index is 13.5. The number of nitrogens with one attached hydrogen (secondary N) is 3. The largest absolute Gasteiger partial charge is 0.486 e. The summed E-state index contributed by atoms with van der Waals surface area (Å²) >= 11 is 1.03. The Morgan fingerprint density at radius 3 is 2.55 bits per heavy atom. The van der Waals surface area contributed by atoms with Crippen molar-refractivity contribution in [2.75, 3.05) is 12.3 Å². The summed E-state index contributed by atoms with van der Waals surface area (Å²) in [5.41, 5.74) is 10.3. The molecule has 1 aromatic heterocycles. The maximum Gasteiger partial charge on any atom is 0.418 e. The third-order valence-electron chi connectivity index (χ3n) is 9.21. The van der Waals surface area contributed by atoms with Crippen molar-refractivity contribution in [3.8, 4) is 5.75 Å². The van der Waals surface area contributed by atoms with Gasteiger partial charge in [-0.05, 0) is 90.0 Å². The number of amidine groups is 1.